The number of carbonyl (C=O) groups is 1. The van der Waals surface area contributed by atoms with Gasteiger partial charge in [0.25, 0.3) is 11.9 Å². The molecule has 0 aliphatic carbocycles. The van der Waals surface area contributed by atoms with Crippen molar-refractivity contribution in [1.29, 1.82) is 0 Å². The highest BCUT2D eigenvalue weighted by Crippen LogP contribution is 2.22. The van der Waals surface area contributed by atoms with E-state index in [0.717, 1.165) is 9.89 Å². The maximum absolute atomic E-state index is 12.2. The second-order valence-corrected chi connectivity index (χ2v) is 4.57. The first-order valence-corrected chi connectivity index (χ1v) is 6.02. The average Bonchev–Trinajstić information content (AvgIpc) is 3.06. The second kappa shape index (κ2) is 4.15. The zero-order valence-electron chi connectivity index (χ0n) is 9.36. The molecule has 0 spiro atoms. The van der Waals surface area contributed by atoms with Crippen LogP contribution in [0, 0.1) is 0 Å². The van der Waals surface area contributed by atoms with Gasteiger partial charge in [0.05, 0.1) is 11.3 Å². The molecule has 0 aromatic carbocycles. The third-order valence-electron chi connectivity index (χ3n) is 2.42. The molecule has 18 heavy (non-hydrogen) atoms. The Morgan fingerprint density at radius 2 is 2.39 bits per heavy atom. The monoisotopic (exact) mass is 260 g/mol. The van der Waals surface area contributed by atoms with Crippen LogP contribution in [0.2, 0.25) is 0 Å². The number of carbonyl (C=O) groups excluding carboxylic acids is 1. The number of aromatic nitrogens is 4. The normalized spacial score (nSPS) is 17.6. The Hall–Kier alpha value is -2.35. The van der Waals surface area contributed by atoms with Crippen LogP contribution in [0.1, 0.15) is 11.8 Å². The lowest BCUT2D eigenvalue weighted by molar-refractivity contribution is -0.114. The van der Waals surface area contributed by atoms with Gasteiger partial charge in [0.1, 0.15) is 0 Å². The Balaban J connectivity index is 1.96. The first-order valence-electron chi connectivity index (χ1n) is 5.14. The number of rotatable bonds is 2. The number of anilines is 1. The van der Waals surface area contributed by atoms with Crippen molar-refractivity contribution in [3.63, 3.8) is 0 Å². The number of nitrogens with one attached hydrogen (secondary N) is 1. The van der Waals surface area contributed by atoms with Gasteiger partial charge in [-0.25, -0.2) is 0 Å². The van der Waals surface area contributed by atoms with E-state index in [1.807, 2.05) is 23.6 Å². The fourth-order valence-electron chi connectivity index (χ4n) is 1.58. The Labute approximate surface area is 106 Å². The van der Waals surface area contributed by atoms with Crippen LogP contribution >= 0.6 is 11.3 Å². The zero-order valence-corrected chi connectivity index (χ0v) is 10.2. The van der Waals surface area contributed by atoms with Crippen LogP contribution in [0.15, 0.2) is 28.2 Å². The zero-order chi connectivity index (χ0) is 12.5. The van der Waals surface area contributed by atoms with Gasteiger partial charge < -0.3 is 0 Å². The molecule has 1 N–H and O–H groups in total. The van der Waals surface area contributed by atoms with E-state index in [1.54, 1.807) is 18.3 Å². The highest BCUT2D eigenvalue weighted by molar-refractivity contribution is 7.10. The summed E-state index contributed by atoms with van der Waals surface area (Å²) in [4.78, 5) is 13.2. The molecule has 90 valence electrons. The van der Waals surface area contributed by atoms with Crippen molar-refractivity contribution < 1.29 is 4.79 Å². The van der Waals surface area contributed by atoms with E-state index in [4.69, 9.17) is 0 Å². The van der Waals surface area contributed by atoms with Crippen molar-refractivity contribution in [2.45, 2.75) is 6.92 Å². The van der Waals surface area contributed by atoms with Crippen molar-refractivity contribution in [3.8, 4) is 0 Å². The van der Waals surface area contributed by atoms with E-state index in [1.165, 1.54) is 0 Å². The molecule has 3 heterocycles. The number of tetrazole rings is 1. The molecule has 0 fully saturated rings. The van der Waals surface area contributed by atoms with Gasteiger partial charge in [-0.15, -0.1) is 16.4 Å². The summed E-state index contributed by atoms with van der Waals surface area (Å²) in [5.41, 5.74) is 1.18. The van der Waals surface area contributed by atoms with Crippen LogP contribution in [-0.2, 0) is 4.79 Å². The number of hydrogen-bond donors (Lipinski definition) is 1. The lowest BCUT2D eigenvalue weighted by Crippen LogP contribution is -2.22. The topological polar surface area (TPSA) is 87.1 Å². The Morgan fingerprint density at radius 1 is 1.50 bits per heavy atom. The molecule has 0 bridgehead atoms. The first kappa shape index (κ1) is 10.8. The predicted molar refractivity (Wildman–Crippen MR) is 67.1 cm³/mol. The smallest absolute Gasteiger partial charge is 0.267 e. The van der Waals surface area contributed by atoms with Crippen LogP contribution in [0.5, 0.6) is 0 Å². The molecule has 0 atom stereocenters. The van der Waals surface area contributed by atoms with Crippen molar-refractivity contribution in [2.75, 3.05) is 5.01 Å². The number of aromatic amines is 1. The summed E-state index contributed by atoms with van der Waals surface area (Å²) in [6.07, 6.45) is 1.81. The van der Waals surface area contributed by atoms with E-state index in [2.05, 4.69) is 25.7 Å². The van der Waals surface area contributed by atoms with Gasteiger partial charge in [0.15, 0.2) is 0 Å². The molecule has 3 rings (SSSR count). The standard InChI is InChI=1S/C10H8N6OS/c1-6-8(5-7-3-2-4-18-7)9(17)16(13-6)10-11-14-15-12-10/h2-5H,1H3,(H,11,12,14,15)/b8-5-. The predicted octanol–water partition coefficient (Wildman–Crippen LogP) is 1.07. The Bertz CT molecular complexity index is 627. The van der Waals surface area contributed by atoms with Gasteiger partial charge in [-0.1, -0.05) is 11.2 Å². The molecule has 7 nitrogen and oxygen atoms in total. The number of amides is 1. The van der Waals surface area contributed by atoms with Gasteiger partial charge in [-0.2, -0.15) is 15.3 Å². The fourth-order valence-corrected chi connectivity index (χ4v) is 2.24. The molecule has 0 radical (unpaired) electrons. The number of thiophene rings is 1. The lowest BCUT2D eigenvalue weighted by atomic mass is 10.1. The van der Waals surface area contributed by atoms with Crippen LogP contribution < -0.4 is 5.01 Å². The Morgan fingerprint density at radius 3 is 3.06 bits per heavy atom. The Kier molecular flexibility index (Phi) is 2.49. The largest absolute Gasteiger partial charge is 0.293 e. The average molecular weight is 260 g/mol. The number of hydrazone groups is 1. The van der Waals surface area contributed by atoms with E-state index in [9.17, 15) is 4.79 Å². The quantitative estimate of drug-likeness (QED) is 0.818. The van der Waals surface area contributed by atoms with Crippen LogP contribution in [0.25, 0.3) is 6.08 Å². The summed E-state index contributed by atoms with van der Waals surface area (Å²) in [6, 6.07) is 3.87. The minimum absolute atomic E-state index is 0.147. The van der Waals surface area contributed by atoms with E-state index in [-0.39, 0.29) is 11.9 Å². The molecular formula is C10H8N6OS. The SMILES string of the molecule is CC1=NN(c2nn[nH]n2)C(=O)/C1=C\c1cccs1. The van der Waals surface area contributed by atoms with Crippen molar-refractivity contribution >= 4 is 35.0 Å². The van der Waals surface area contributed by atoms with Crippen LogP contribution in [0.4, 0.5) is 5.95 Å². The molecule has 2 aromatic rings. The van der Waals surface area contributed by atoms with Crippen molar-refractivity contribution in [3.05, 3.63) is 28.0 Å². The lowest BCUT2D eigenvalue weighted by Gasteiger charge is -2.03. The molecule has 8 heteroatoms. The maximum Gasteiger partial charge on any atom is 0.293 e. The van der Waals surface area contributed by atoms with Gasteiger partial charge in [-0.05, 0) is 29.7 Å². The van der Waals surface area contributed by atoms with Crippen LogP contribution in [0.3, 0.4) is 0 Å². The molecule has 1 amide bonds. The minimum Gasteiger partial charge on any atom is -0.267 e. The third kappa shape index (κ3) is 1.72. The molecule has 0 unspecified atom stereocenters. The highest BCUT2D eigenvalue weighted by Gasteiger charge is 2.31. The molecule has 0 saturated heterocycles. The number of nitrogens with zero attached hydrogens (tertiary/aromatic N) is 5. The second-order valence-electron chi connectivity index (χ2n) is 3.59. The summed E-state index contributed by atoms with van der Waals surface area (Å²) in [5, 5.41) is 20.4. The highest BCUT2D eigenvalue weighted by atomic mass is 32.1. The van der Waals surface area contributed by atoms with Gasteiger partial charge in [-0.3, -0.25) is 4.79 Å². The van der Waals surface area contributed by atoms with Crippen molar-refractivity contribution in [1.82, 2.24) is 20.6 Å². The van der Waals surface area contributed by atoms with Crippen molar-refractivity contribution in [2.24, 2.45) is 5.10 Å². The van der Waals surface area contributed by atoms with E-state index in [0.29, 0.717) is 11.3 Å². The van der Waals surface area contributed by atoms with E-state index < -0.39 is 0 Å². The van der Waals surface area contributed by atoms with Gasteiger partial charge >= 0.3 is 0 Å². The summed E-state index contributed by atoms with van der Waals surface area (Å²) in [6.45, 7) is 1.78. The molecule has 1 aliphatic heterocycles. The number of H-pyrrole nitrogens is 1. The molecular weight excluding hydrogens is 252 g/mol. The summed E-state index contributed by atoms with van der Waals surface area (Å²) in [5.74, 6) is -0.101. The van der Waals surface area contributed by atoms with E-state index >= 15 is 0 Å². The summed E-state index contributed by atoms with van der Waals surface area (Å²) in [7, 11) is 0. The molecule has 0 saturated carbocycles. The number of hydrogen-bond acceptors (Lipinski definition) is 6. The third-order valence-corrected chi connectivity index (χ3v) is 3.24. The summed E-state index contributed by atoms with van der Waals surface area (Å²) < 4.78 is 0. The summed E-state index contributed by atoms with van der Waals surface area (Å²) >= 11 is 1.56. The fraction of sp³-hybridized carbons (Fsp3) is 0.100. The first-order chi connectivity index (χ1) is 8.75. The molecule has 1 aliphatic rings. The maximum atomic E-state index is 12.2. The molecule has 2 aromatic heterocycles. The van der Waals surface area contributed by atoms with Gasteiger partial charge in [0, 0.05) is 4.88 Å². The van der Waals surface area contributed by atoms with Gasteiger partial charge in [0.2, 0.25) is 0 Å². The van der Waals surface area contributed by atoms with Crippen LogP contribution in [-0.4, -0.2) is 32.2 Å². The minimum atomic E-state index is -0.248.